The molecule has 1 aliphatic rings. The SMILES string of the molecule is Cc1ccc(NC(=O)CN2C(=O)CC(c3ccc(Br)s3)=Nc3ccccc32)c(C)c1. The van der Waals surface area contributed by atoms with Gasteiger partial charge in [0.15, 0.2) is 0 Å². The monoisotopic (exact) mass is 481 g/mol. The van der Waals surface area contributed by atoms with Gasteiger partial charge >= 0.3 is 0 Å². The van der Waals surface area contributed by atoms with Crippen LogP contribution in [0.25, 0.3) is 0 Å². The van der Waals surface area contributed by atoms with Crippen LogP contribution in [0.4, 0.5) is 17.1 Å². The first-order valence-corrected chi connectivity index (χ1v) is 11.1. The number of para-hydroxylation sites is 2. The van der Waals surface area contributed by atoms with Gasteiger partial charge < -0.3 is 10.2 Å². The second kappa shape index (κ2) is 8.53. The van der Waals surface area contributed by atoms with E-state index < -0.39 is 0 Å². The summed E-state index contributed by atoms with van der Waals surface area (Å²) in [6.45, 7) is 3.89. The fourth-order valence-electron chi connectivity index (χ4n) is 3.42. The molecule has 0 saturated heterocycles. The van der Waals surface area contributed by atoms with Gasteiger partial charge in [-0.05, 0) is 65.7 Å². The highest BCUT2D eigenvalue weighted by Gasteiger charge is 2.27. The number of hydrogen-bond acceptors (Lipinski definition) is 4. The van der Waals surface area contributed by atoms with Crippen molar-refractivity contribution in [1.82, 2.24) is 0 Å². The topological polar surface area (TPSA) is 61.8 Å². The number of rotatable bonds is 4. The number of carbonyl (C=O) groups is 2. The molecule has 30 heavy (non-hydrogen) atoms. The number of anilines is 2. The van der Waals surface area contributed by atoms with Gasteiger partial charge in [-0.3, -0.25) is 9.59 Å². The van der Waals surface area contributed by atoms with E-state index in [9.17, 15) is 9.59 Å². The zero-order chi connectivity index (χ0) is 21.3. The fraction of sp³-hybridized carbons (Fsp3) is 0.174. The molecule has 0 spiro atoms. The second-order valence-corrected chi connectivity index (χ2v) is 9.64. The Morgan fingerprint density at radius 3 is 2.70 bits per heavy atom. The normalized spacial score (nSPS) is 13.5. The summed E-state index contributed by atoms with van der Waals surface area (Å²) in [6.07, 6.45) is 0.137. The third-order valence-electron chi connectivity index (χ3n) is 4.86. The molecule has 0 atom stereocenters. The number of hydrogen-bond donors (Lipinski definition) is 1. The highest BCUT2D eigenvalue weighted by Crippen LogP contribution is 2.34. The van der Waals surface area contributed by atoms with Crippen LogP contribution in [0.5, 0.6) is 0 Å². The molecule has 0 fully saturated rings. The van der Waals surface area contributed by atoms with E-state index >= 15 is 0 Å². The third kappa shape index (κ3) is 4.37. The van der Waals surface area contributed by atoms with Gasteiger partial charge in [0.05, 0.1) is 32.2 Å². The molecule has 0 unspecified atom stereocenters. The van der Waals surface area contributed by atoms with Gasteiger partial charge in [0.2, 0.25) is 11.8 Å². The van der Waals surface area contributed by atoms with Gasteiger partial charge in [-0.1, -0.05) is 29.8 Å². The zero-order valence-electron chi connectivity index (χ0n) is 16.6. The van der Waals surface area contributed by atoms with Crippen LogP contribution in [-0.2, 0) is 9.59 Å². The molecule has 0 radical (unpaired) electrons. The Kier molecular flexibility index (Phi) is 5.83. The minimum Gasteiger partial charge on any atom is -0.324 e. The van der Waals surface area contributed by atoms with E-state index in [4.69, 9.17) is 4.99 Å². The Hall–Kier alpha value is -2.77. The molecule has 1 aliphatic heterocycles. The standard InChI is InChI=1S/C23H20BrN3O2S/c1-14-7-8-16(15(2)11-14)26-22(28)13-27-19-6-4-3-5-17(19)25-18(12-23(27)29)20-9-10-21(24)30-20/h3-11H,12-13H2,1-2H3,(H,26,28). The van der Waals surface area contributed by atoms with E-state index in [0.717, 1.165) is 25.5 Å². The summed E-state index contributed by atoms with van der Waals surface area (Å²) in [6, 6.07) is 17.2. The number of benzene rings is 2. The van der Waals surface area contributed by atoms with E-state index in [0.29, 0.717) is 17.1 Å². The number of thiophene rings is 1. The summed E-state index contributed by atoms with van der Waals surface area (Å²) >= 11 is 5.00. The molecule has 0 aliphatic carbocycles. The molecule has 2 heterocycles. The fourth-order valence-corrected chi connectivity index (χ4v) is 4.79. The van der Waals surface area contributed by atoms with Crippen molar-refractivity contribution in [3.05, 3.63) is 74.4 Å². The van der Waals surface area contributed by atoms with Crippen molar-refractivity contribution in [2.24, 2.45) is 4.99 Å². The second-order valence-electron chi connectivity index (χ2n) is 7.17. The van der Waals surface area contributed by atoms with Crippen molar-refractivity contribution in [3.8, 4) is 0 Å². The van der Waals surface area contributed by atoms with Crippen molar-refractivity contribution in [2.45, 2.75) is 20.3 Å². The number of aryl methyl sites for hydroxylation is 2. The number of nitrogens with one attached hydrogen (secondary N) is 1. The minimum atomic E-state index is -0.243. The maximum atomic E-state index is 13.1. The van der Waals surface area contributed by atoms with Gasteiger partial charge in [-0.2, -0.15) is 0 Å². The van der Waals surface area contributed by atoms with Crippen molar-refractivity contribution < 1.29 is 9.59 Å². The smallest absolute Gasteiger partial charge is 0.244 e. The van der Waals surface area contributed by atoms with Crippen LogP contribution in [0, 0.1) is 13.8 Å². The van der Waals surface area contributed by atoms with Gasteiger partial charge in [-0.15, -0.1) is 11.3 Å². The minimum absolute atomic E-state index is 0.0693. The molecule has 4 rings (SSSR count). The Bertz CT molecular complexity index is 1170. The summed E-state index contributed by atoms with van der Waals surface area (Å²) in [5.74, 6) is -0.397. The number of fused-ring (bicyclic) bond motifs is 1. The average molecular weight is 482 g/mol. The van der Waals surface area contributed by atoms with E-state index in [1.807, 2.05) is 68.4 Å². The highest BCUT2D eigenvalue weighted by molar-refractivity contribution is 9.11. The first-order chi connectivity index (χ1) is 14.4. The summed E-state index contributed by atoms with van der Waals surface area (Å²) in [4.78, 5) is 33.1. The van der Waals surface area contributed by atoms with Crippen LogP contribution in [0.15, 0.2) is 63.4 Å². The quantitative estimate of drug-likeness (QED) is 0.525. The average Bonchev–Trinajstić information content (AvgIpc) is 3.09. The van der Waals surface area contributed by atoms with E-state index in [1.165, 1.54) is 16.2 Å². The Balaban J connectivity index is 1.60. The number of amides is 2. The third-order valence-corrected chi connectivity index (χ3v) is 6.54. The lowest BCUT2D eigenvalue weighted by Crippen LogP contribution is -2.38. The Morgan fingerprint density at radius 2 is 1.97 bits per heavy atom. The molecule has 1 N–H and O–H groups in total. The maximum Gasteiger partial charge on any atom is 0.244 e. The summed E-state index contributed by atoms with van der Waals surface area (Å²) in [5.41, 5.74) is 4.90. The van der Waals surface area contributed by atoms with E-state index in [-0.39, 0.29) is 24.8 Å². The molecular formula is C23H20BrN3O2S. The van der Waals surface area contributed by atoms with Crippen LogP contribution >= 0.6 is 27.3 Å². The molecule has 1 aromatic heterocycles. The number of nitrogens with zero attached hydrogens (tertiary/aromatic N) is 2. The predicted molar refractivity (Wildman–Crippen MR) is 126 cm³/mol. The largest absolute Gasteiger partial charge is 0.324 e. The number of carbonyl (C=O) groups excluding carboxylic acids is 2. The molecule has 0 saturated carbocycles. The first kappa shape index (κ1) is 20.5. The lowest BCUT2D eigenvalue weighted by Gasteiger charge is -2.22. The van der Waals surface area contributed by atoms with Crippen LogP contribution in [-0.4, -0.2) is 24.1 Å². The summed E-state index contributed by atoms with van der Waals surface area (Å²) in [7, 11) is 0. The maximum absolute atomic E-state index is 13.1. The van der Waals surface area contributed by atoms with Crippen molar-refractivity contribution >= 4 is 61.9 Å². The van der Waals surface area contributed by atoms with Crippen molar-refractivity contribution in [3.63, 3.8) is 0 Å². The Morgan fingerprint density at radius 1 is 1.17 bits per heavy atom. The van der Waals surface area contributed by atoms with E-state index in [2.05, 4.69) is 21.2 Å². The number of halogens is 1. The zero-order valence-corrected chi connectivity index (χ0v) is 19.0. The predicted octanol–water partition coefficient (Wildman–Crippen LogP) is 5.62. The molecule has 7 heteroatoms. The van der Waals surface area contributed by atoms with Gasteiger partial charge in [0, 0.05) is 5.69 Å². The van der Waals surface area contributed by atoms with Crippen LogP contribution in [0.1, 0.15) is 22.4 Å². The van der Waals surface area contributed by atoms with Gasteiger partial charge in [0.25, 0.3) is 0 Å². The van der Waals surface area contributed by atoms with Crippen LogP contribution < -0.4 is 10.2 Å². The molecule has 3 aromatic rings. The summed E-state index contributed by atoms with van der Waals surface area (Å²) in [5, 5.41) is 2.93. The Labute approximate surface area is 187 Å². The van der Waals surface area contributed by atoms with Crippen molar-refractivity contribution in [1.29, 1.82) is 0 Å². The number of aliphatic imine (C=N–C) groups is 1. The highest BCUT2D eigenvalue weighted by atomic mass is 79.9. The van der Waals surface area contributed by atoms with Crippen molar-refractivity contribution in [2.75, 3.05) is 16.8 Å². The van der Waals surface area contributed by atoms with Crippen LogP contribution in [0.3, 0.4) is 0 Å². The lowest BCUT2D eigenvalue weighted by atomic mass is 10.1. The van der Waals surface area contributed by atoms with Gasteiger partial charge in [0.1, 0.15) is 6.54 Å². The van der Waals surface area contributed by atoms with E-state index in [1.54, 1.807) is 0 Å². The van der Waals surface area contributed by atoms with Gasteiger partial charge in [-0.25, -0.2) is 4.99 Å². The van der Waals surface area contributed by atoms with Crippen LogP contribution in [0.2, 0.25) is 0 Å². The molecule has 2 amide bonds. The molecule has 152 valence electrons. The molecule has 5 nitrogen and oxygen atoms in total. The molecular weight excluding hydrogens is 462 g/mol. The molecule has 0 bridgehead atoms. The molecule has 2 aromatic carbocycles. The summed E-state index contributed by atoms with van der Waals surface area (Å²) < 4.78 is 0.981. The first-order valence-electron chi connectivity index (χ1n) is 9.50. The lowest BCUT2D eigenvalue weighted by molar-refractivity contribution is -0.120.